The molecule has 0 rings (SSSR count). The van der Waals surface area contributed by atoms with E-state index in [0.29, 0.717) is 0 Å². The quantitative estimate of drug-likeness (QED) is 0.513. The fourth-order valence-corrected chi connectivity index (χ4v) is 0.875. The first kappa shape index (κ1) is 29.1. The zero-order valence-electron chi connectivity index (χ0n) is 13.8. The van der Waals surface area contributed by atoms with Crippen LogP contribution < -0.4 is 5.11 Å². The summed E-state index contributed by atoms with van der Waals surface area (Å²) in [6, 6.07) is 0. The number of rotatable bonds is 3. The van der Waals surface area contributed by atoms with Gasteiger partial charge in [0.25, 0.3) is 0 Å². The number of aliphatic hydroxyl groups excluding tert-OH is 2. The fraction of sp³-hybridized carbons (Fsp3) is 0.400. The van der Waals surface area contributed by atoms with Gasteiger partial charge in [-0.25, -0.2) is 0 Å². The summed E-state index contributed by atoms with van der Waals surface area (Å²) < 4.78 is 0. The van der Waals surface area contributed by atoms with Crippen molar-refractivity contribution in [1.82, 2.24) is 0 Å². The van der Waals surface area contributed by atoms with Crippen molar-refractivity contribution >= 4 is 17.3 Å². The summed E-state index contributed by atoms with van der Waals surface area (Å²) in [5.74, 6) is -0.500. The van der Waals surface area contributed by atoms with E-state index in [-0.39, 0.29) is 76.4 Å². The van der Waals surface area contributed by atoms with Crippen molar-refractivity contribution in [3.63, 3.8) is 0 Å². The van der Waals surface area contributed by atoms with Gasteiger partial charge in [-0.2, -0.15) is 0 Å². The van der Waals surface area contributed by atoms with E-state index in [0.717, 1.165) is 6.08 Å². The van der Waals surface area contributed by atoms with Crippen molar-refractivity contribution in [2.45, 2.75) is 41.5 Å². The van der Waals surface area contributed by atoms with Gasteiger partial charge in [-0.05, 0) is 40.7 Å². The minimum Gasteiger partial charge on any atom is -0.876 e. The molecule has 0 aliphatic rings. The predicted molar refractivity (Wildman–Crippen MR) is 78.6 cm³/mol. The summed E-state index contributed by atoms with van der Waals surface area (Å²) in [4.78, 5) is 30.0. The summed E-state index contributed by atoms with van der Waals surface area (Å²) in [5.41, 5.74) is 0. The van der Waals surface area contributed by atoms with Crippen LogP contribution in [0.5, 0.6) is 0 Å². The average molecular weight is 439 g/mol. The van der Waals surface area contributed by atoms with Gasteiger partial charge in [-0.15, -0.1) is 5.76 Å². The maximum Gasteiger partial charge on any atom is 0.155 e. The van der Waals surface area contributed by atoms with Crippen LogP contribution >= 0.6 is 0 Å². The minimum absolute atomic E-state index is 0. The Hall–Kier alpha value is -0.993. The molecule has 0 radical (unpaired) electrons. The predicted octanol–water partition coefficient (Wildman–Crippen LogP) is 1.91. The van der Waals surface area contributed by atoms with Crippen LogP contribution in [-0.2, 0) is 14.4 Å². The molecule has 7 heteroatoms. The zero-order valence-corrected chi connectivity index (χ0v) is 16.9. The standard InChI is InChI=1S/3C5H8O2.Ce/c3*1-4(6)3-5(2)7;/h3*3,6H,1-2H3;/p-1/b4-3+;2*4-3-;. The molecular formula is C15H23CeO6-. The van der Waals surface area contributed by atoms with Crippen LogP contribution in [0.2, 0.25) is 0 Å². The van der Waals surface area contributed by atoms with Crippen LogP contribution in [0.4, 0.5) is 0 Å². The SMILES string of the molecule is CC(=O)/C=C(/C)O.CC(=O)/C=C(/C)[O-].CC(=O)/C=C(\C)O.[Ce]. The smallest absolute Gasteiger partial charge is 0.155 e. The second kappa shape index (κ2) is 18.1. The molecule has 0 aliphatic heterocycles. The van der Waals surface area contributed by atoms with Crippen molar-refractivity contribution in [3.05, 3.63) is 35.5 Å². The maximum atomic E-state index is 10.0. The van der Waals surface area contributed by atoms with Crippen LogP contribution in [0.15, 0.2) is 35.5 Å². The Kier molecular flexibility index (Phi) is 23.9. The van der Waals surface area contributed by atoms with Crippen LogP contribution in [0.3, 0.4) is 0 Å². The number of allylic oxidation sites excluding steroid dienone is 6. The van der Waals surface area contributed by atoms with E-state index in [2.05, 4.69) is 0 Å². The van der Waals surface area contributed by atoms with E-state index < -0.39 is 0 Å². The van der Waals surface area contributed by atoms with Crippen molar-refractivity contribution in [1.29, 1.82) is 0 Å². The number of aliphatic hydroxyl groups is 2. The Morgan fingerprint density at radius 1 is 0.682 bits per heavy atom. The first-order valence-electron chi connectivity index (χ1n) is 6.00. The molecule has 0 unspecified atom stereocenters. The molecule has 124 valence electrons. The molecule has 0 fully saturated rings. The van der Waals surface area contributed by atoms with Crippen molar-refractivity contribution < 1.29 is 71.5 Å². The monoisotopic (exact) mass is 439 g/mol. The molecule has 0 spiro atoms. The Bertz CT molecular complexity index is 368. The van der Waals surface area contributed by atoms with E-state index in [1.54, 1.807) is 0 Å². The van der Waals surface area contributed by atoms with Crippen molar-refractivity contribution in [3.8, 4) is 0 Å². The molecular weight excluding hydrogens is 416 g/mol. The van der Waals surface area contributed by atoms with Gasteiger partial charge in [0.05, 0.1) is 11.5 Å². The first-order valence-corrected chi connectivity index (χ1v) is 6.00. The van der Waals surface area contributed by atoms with Crippen LogP contribution in [0.25, 0.3) is 0 Å². The average Bonchev–Trinajstić information content (AvgIpc) is 2.10. The Labute approximate surface area is 165 Å². The molecule has 0 atom stereocenters. The molecule has 0 bridgehead atoms. The maximum absolute atomic E-state index is 10.0. The molecule has 0 saturated heterocycles. The third-order valence-electron chi connectivity index (χ3n) is 1.23. The fourth-order valence-electron chi connectivity index (χ4n) is 0.875. The van der Waals surface area contributed by atoms with Crippen LogP contribution in [0, 0.1) is 41.7 Å². The van der Waals surface area contributed by atoms with Gasteiger partial charge in [0, 0.05) is 53.9 Å². The van der Waals surface area contributed by atoms with E-state index in [1.807, 2.05) is 0 Å². The van der Waals surface area contributed by atoms with E-state index in [1.165, 1.54) is 53.7 Å². The van der Waals surface area contributed by atoms with Crippen LogP contribution in [-0.4, -0.2) is 27.6 Å². The number of hydrogen-bond acceptors (Lipinski definition) is 6. The second-order valence-corrected chi connectivity index (χ2v) is 4.16. The third-order valence-corrected chi connectivity index (χ3v) is 1.23. The summed E-state index contributed by atoms with van der Waals surface area (Å²) in [6.45, 7) is 8.39. The third kappa shape index (κ3) is 50.9. The molecule has 0 aromatic rings. The second-order valence-electron chi connectivity index (χ2n) is 4.16. The first-order chi connectivity index (χ1) is 9.38. The largest absolute Gasteiger partial charge is 0.876 e. The summed E-state index contributed by atoms with van der Waals surface area (Å²) in [6.07, 6.45) is 3.39. The molecule has 0 heterocycles. The van der Waals surface area contributed by atoms with Crippen molar-refractivity contribution in [2.24, 2.45) is 0 Å². The number of carbonyl (C=O) groups excluding carboxylic acids is 3. The number of carbonyl (C=O) groups is 3. The zero-order chi connectivity index (χ0) is 17.6. The number of hydrogen-bond donors (Lipinski definition) is 2. The molecule has 2 N–H and O–H groups in total. The molecule has 0 amide bonds. The van der Waals surface area contributed by atoms with Gasteiger partial charge in [0.2, 0.25) is 0 Å². The normalized spacial score (nSPS) is 10.9. The number of ketones is 3. The van der Waals surface area contributed by atoms with E-state index in [9.17, 15) is 19.5 Å². The molecule has 0 aromatic heterocycles. The molecule has 22 heavy (non-hydrogen) atoms. The Morgan fingerprint density at radius 2 is 0.909 bits per heavy atom. The Balaban J connectivity index is -0.000000108. The molecule has 0 saturated carbocycles. The van der Waals surface area contributed by atoms with Gasteiger partial charge >= 0.3 is 0 Å². The van der Waals surface area contributed by atoms with Gasteiger partial charge < -0.3 is 15.3 Å². The van der Waals surface area contributed by atoms with Gasteiger partial charge in [0.15, 0.2) is 17.3 Å². The minimum atomic E-state index is -0.187. The van der Waals surface area contributed by atoms with Gasteiger partial charge in [-0.3, -0.25) is 14.4 Å². The Morgan fingerprint density at radius 3 is 0.909 bits per heavy atom. The topological polar surface area (TPSA) is 115 Å². The van der Waals surface area contributed by atoms with Crippen LogP contribution in [0.1, 0.15) is 41.5 Å². The van der Waals surface area contributed by atoms with E-state index >= 15 is 0 Å². The molecule has 0 aliphatic carbocycles. The molecule has 0 aromatic carbocycles. The summed E-state index contributed by atoms with van der Waals surface area (Å²) in [7, 11) is 0. The summed E-state index contributed by atoms with van der Waals surface area (Å²) >= 11 is 0. The van der Waals surface area contributed by atoms with Gasteiger partial charge in [-0.1, -0.05) is 6.92 Å². The van der Waals surface area contributed by atoms with Gasteiger partial charge in [0.1, 0.15) is 0 Å². The summed E-state index contributed by atoms with van der Waals surface area (Å²) in [5, 5.41) is 26.7. The van der Waals surface area contributed by atoms with E-state index in [4.69, 9.17) is 10.2 Å². The van der Waals surface area contributed by atoms with Crippen molar-refractivity contribution in [2.75, 3.05) is 0 Å². The molecule has 6 nitrogen and oxygen atoms in total.